The molecule has 5 rings (SSSR count). The van der Waals surface area contributed by atoms with Gasteiger partial charge in [0.1, 0.15) is 30.8 Å². The average molecular weight is 491 g/mol. The molecule has 36 heavy (non-hydrogen) atoms. The van der Waals surface area contributed by atoms with E-state index in [1.165, 1.54) is 41.3 Å². The van der Waals surface area contributed by atoms with Crippen molar-refractivity contribution in [1.29, 1.82) is 0 Å². The van der Waals surface area contributed by atoms with Gasteiger partial charge in [0, 0.05) is 23.4 Å². The Balaban J connectivity index is 1.60. The van der Waals surface area contributed by atoms with Crippen LogP contribution in [0.1, 0.15) is 47.6 Å². The Kier molecular flexibility index (Phi) is 6.75. The second-order valence-corrected chi connectivity index (χ2v) is 9.00. The SMILES string of the molecule is O=C(NC1CCCC1)[C@H](c1ccc(F)cc1)N(C(=O)c1ccc2c(c1)OCCO2)c1cccc(O)c1. The van der Waals surface area contributed by atoms with Gasteiger partial charge in [-0.3, -0.25) is 14.5 Å². The van der Waals surface area contributed by atoms with Crippen molar-refractivity contribution >= 4 is 17.5 Å². The van der Waals surface area contributed by atoms with Gasteiger partial charge < -0.3 is 19.9 Å². The first-order valence-corrected chi connectivity index (χ1v) is 12.1. The van der Waals surface area contributed by atoms with Crippen molar-refractivity contribution < 1.29 is 28.6 Å². The monoisotopic (exact) mass is 490 g/mol. The first-order chi connectivity index (χ1) is 17.5. The van der Waals surface area contributed by atoms with Gasteiger partial charge in [-0.05, 0) is 60.9 Å². The highest BCUT2D eigenvalue weighted by atomic mass is 19.1. The Labute approximate surface area is 208 Å². The molecule has 1 aliphatic heterocycles. The number of fused-ring (bicyclic) bond motifs is 1. The molecule has 3 aromatic rings. The van der Waals surface area contributed by atoms with Crippen LogP contribution in [0.5, 0.6) is 17.2 Å². The molecule has 0 aromatic heterocycles. The van der Waals surface area contributed by atoms with Gasteiger partial charge in [-0.25, -0.2) is 4.39 Å². The number of carbonyl (C=O) groups is 2. The lowest BCUT2D eigenvalue weighted by atomic mass is 10.0. The zero-order chi connectivity index (χ0) is 25.1. The van der Waals surface area contributed by atoms with Crippen molar-refractivity contribution in [2.45, 2.75) is 37.8 Å². The van der Waals surface area contributed by atoms with E-state index in [9.17, 15) is 19.1 Å². The highest BCUT2D eigenvalue weighted by molar-refractivity contribution is 6.10. The molecule has 0 saturated heterocycles. The van der Waals surface area contributed by atoms with E-state index in [1.54, 1.807) is 30.3 Å². The molecular weight excluding hydrogens is 463 g/mol. The van der Waals surface area contributed by atoms with Gasteiger partial charge in [-0.1, -0.05) is 31.0 Å². The topological polar surface area (TPSA) is 88.1 Å². The predicted octanol–water partition coefficient (Wildman–Crippen LogP) is 4.75. The molecule has 2 aliphatic rings. The predicted molar refractivity (Wildman–Crippen MR) is 132 cm³/mol. The van der Waals surface area contributed by atoms with Crippen molar-refractivity contribution in [3.63, 3.8) is 0 Å². The van der Waals surface area contributed by atoms with Crippen molar-refractivity contribution in [2.24, 2.45) is 0 Å². The number of amides is 2. The second-order valence-electron chi connectivity index (χ2n) is 9.00. The standard InChI is InChI=1S/C28H27FN2O5/c29-20-11-8-18(9-12-20)26(27(33)30-21-4-1-2-5-21)31(22-6-3-7-23(32)17-22)28(34)19-10-13-24-25(16-19)36-15-14-35-24/h3,6-13,16-17,21,26,32H,1-2,4-5,14-15H2,(H,30,33)/t26-/m0/s1. The third-order valence-electron chi connectivity index (χ3n) is 6.51. The first-order valence-electron chi connectivity index (χ1n) is 12.1. The number of hydrogen-bond acceptors (Lipinski definition) is 5. The maximum absolute atomic E-state index is 14.1. The molecule has 7 nitrogen and oxygen atoms in total. The van der Waals surface area contributed by atoms with Crippen molar-refractivity contribution in [3.8, 4) is 17.2 Å². The third kappa shape index (κ3) is 4.98. The first kappa shape index (κ1) is 23.7. The summed E-state index contributed by atoms with van der Waals surface area (Å²) < 4.78 is 25.0. The smallest absolute Gasteiger partial charge is 0.259 e. The molecule has 8 heteroatoms. The number of hydrogen-bond donors (Lipinski definition) is 2. The molecule has 2 N–H and O–H groups in total. The molecule has 1 fully saturated rings. The number of aromatic hydroxyl groups is 1. The molecular formula is C28H27FN2O5. The fraction of sp³-hybridized carbons (Fsp3) is 0.286. The minimum atomic E-state index is -1.10. The van der Waals surface area contributed by atoms with Gasteiger partial charge >= 0.3 is 0 Å². The van der Waals surface area contributed by atoms with Crippen LogP contribution in [0.25, 0.3) is 0 Å². The number of phenolic OH excluding ortho intramolecular Hbond substituents is 1. The minimum Gasteiger partial charge on any atom is -0.508 e. The Morgan fingerprint density at radius 1 is 0.944 bits per heavy atom. The number of rotatable bonds is 6. The van der Waals surface area contributed by atoms with Crippen LogP contribution in [-0.2, 0) is 4.79 Å². The normalized spacial score (nSPS) is 15.8. The molecule has 2 amide bonds. The van der Waals surface area contributed by atoms with Gasteiger partial charge in [-0.2, -0.15) is 0 Å². The van der Waals surface area contributed by atoms with E-state index in [1.807, 2.05) is 0 Å². The Bertz CT molecular complexity index is 1260. The summed E-state index contributed by atoms with van der Waals surface area (Å²) in [6, 6.07) is 15.5. The molecule has 0 unspecified atom stereocenters. The van der Waals surface area contributed by atoms with E-state index in [4.69, 9.17) is 9.47 Å². The summed E-state index contributed by atoms with van der Waals surface area (Å²) >= 11 is 0. The lowest BCUT2D eigenvalue weighted by Crippen LogP contribution is -2.46. The molecule has 1 saturated carbocycles. The van der Waals surface area contributed by atoms with Gasteiger partial charge in [-0.15, -0.1) is 0 Å². The number of phenols is 1. The van der Waals surface area contributed by atoms with Crippen molar-refractivity contribution in [3.05, 3.63) is 83.7 Å². The maximum Gasteiger partial charge on any atom is 0.259 e. The van der Waals surface area contributed by atoms with Gasteiger partial charge in [0.25, 0.3) is 5.91 Å². The minimum absolute atomic E-state index is 0.0101. The zero-order valence-electron chi connectivity index (χ0n) is 19.7. The maximum atomic E-state index is 14.1. The number of carbonyl (C=O) groups excluding carboxylic acids is 2. The van der Waals surface area contributed by atoms with E-state index in [2.05, 4.69) is 5.32 Å². The van der Waals surface area contributed by atoms with Crippen LogP contribution in [0.2, 0.25) is 0 Å². The van der Waals surface area contributed by atoms with E-state index >= 15 is 0 Å². The highest BCUT2D eigenvalue weighted by Gasteiger charge is 2.35. The Morgan fingerprint density at radius 2 is 1.67 bits per heavy atom. The molecule has 0 spiro atoms. The van der Waals surface area contributed by atoms with Gasteiger partial charge in [0.2, 0.25) is 5.91 Å². The summed E-state index contributed by atoms with van der Waals surface area (Å²) in [6.07, 6.45) is 3.78. The summed E-state index contributed by atoms with van der Waals surface area (Å²) in [4.78, 5) is 29.1. The van der Waals surface area contributed by atoms with Crippen LogP contribution < -0.4 is 19.7 Å². The van der Waals surface area contributed by atoms with Crippen LogP contribution in [0.15, 0.2) is 66.7 Å². The second kappa shape index (κ2) is 10.3. The average Bonchev–Trinajstić information content (AvgIpc) is 3.40. The number of benzene rings is 3. The molecule has 186 valence electrons. The largest absolute Gasteiger partial charge is 0.508 e. The van der Waals surface area contributed by atoms with Gasteiger partial charge in [0.05, 0.1) is 0 Å². The summed E-state index contributed by atoms with van der Waals surface area (Å²) in [5, 5.41) is 13.3. The Hall–Kier alpha value is -4.07. The fourth-order valence-corrected chi connectivity index (χ4v) is 4.75. The lowest BCUT2D eigenvalue weighted by molar-refractivity contribution is -0.123. The summed E-state index contributed by atoms with van der Waals surface area (Å²) in [6.45, 7) is 0.784. The number of ether oxygens (including phenoxy) is 2. The zero-order valence-corrected chi connectivity index (χ0v) is 19.7. The van der Waals surface area contributed by atoms with Crippen molar-refractivity contribution in [2.75, 3.05) is 18.1 Å². The number of nitrogens with one attached hydrogen (secondary N) is 1. The number of halogens is 1. The molecule has 3 aromatic carbocycles. The van der Waals surface area contributed by atoms with Crippen molar-refractivity contribution in [1.82, 2.24) is 5.32 Å². The molecule has 1 heterocycles. The Morgan fingerprint density at radius 3 is 2.39 bits per heavy atom. The van der Waals surface area contributed by atoms with Crippen LogP contribution in [0.3, 0.4) is 0 Å². The lowest BCUT2D eigenvalue weighted by Gasteiger charge is -2.32. The van der Waals surface area contributed by atoms with E-state index < -0.39 is 17.8 Å². The third-order valence-corrected chi connectivity index (χ3v) is 6.51. The molecule has 1 atom stereocenters. The molecule has 0 bridgehead atoms. The molecule has 0 radical (unpaired) electrons. The van der Waals surface area contributed by atoms with Crippen LogP contribution in [0, 0.1) is 5.82 Å². The fourth-order valence-electron chi connectivity index (χ4n) is 4.75. The summed E-state index contributed by atoms with van der Waals surface area (Å²) in [7, 11) is 0. The van der Waals surface area contributed by atoms with Crippen LogP contribution >= 0.6 is 0 Å². The highest BCUT2D eigenvalue weighted by Crippen LogP contribution is 2.35. The van der Waals surface area contributed by atoms with Crippen LogP contribution in [0.4, 0.5) is 10.1 Å². The number of anilines is 1. The quantitative estimate of drug-likeness (QED) is 0.521. The van der Waals surface area contributed by atoms with E-state index in [0.717, 1.165) is 25.7 Å². The summed E-state index contributed by atoms with van der Waals surface area (Å²) in [5.74, 6) is -0.374. The summed E-state index contributed by atoms with van der Waals surface area (Å²) in [5.41, 5.74) is 1.05. The van der Waals surface area contributed by atoms with E-state index in [-0.39, 0.29) is 23.3 Å². The van der Waals surface area contributed by atoms with Gasteiger partial charge in [0.15, 0.2) is 11.5 Å². The number of nitrogens with zero attached hydrogens (tertiary/aromatic N) is 1. The molecule has 1 aliphatic carbocycles. The van der Waals surface area contributed by atoms with E-state index in [0.29, 0.717) is 36.0 Å². The van der Waals surface area contributed by atoms with Crippen LogP contribution in [-0.4, -0.2) is 36.2 Å².